The van der Waals surface area contributed by atoms with Gasteiger partial charge in [-0.25, -0.2) is 0 Å². The molecule has 0 amide bonds. The van der Waals surface area contributed by atoms with Gasteiger partial charge >= 0.3 is 0 Å². The van der Waals surface area contributed by atoms with Crippen LogP contribution >= 0.6 is 15.9 Å². The molecule has 0 fully saturated rings. The van der Waals surface area contributed by atoms with Crippen LogP contribution in [0.25, 0.3) is 0 Å². The van der Waals surface area contributed by atoms with E-state index in [9.17, 15) is 0 Å². The summed E-state index contributed by atoms with van der Waals surface area (Å²) >= 11 is 3.71. The number of aromatic nitrogens is 1. The van der Waals surface area contributed by atoms with Gasteiger partial charge in [0.15, 0.2) is 0 Å². The first-order chi connectivity index (χ1) is 10.3. The molecular weight excluding hydrogens is 324 g/mol. The first-order valence-corrected chi connectivity index (χ1v) is 8.52. The van der Waals surface area contributed by atoms with E-state index >= 15 is 0 Å². The molecular formula is C18H21BrN2. The third kappa shape index (κ3) is 3.04. The second kappa shape index (κ2) is 6.71. The summed E-state index contributed by atoms with van der Waals surface area (Å²) in [5.74, 6) is 0.452. The lowest BCUT2D eigenvalue weighted by Gasteiger charge is -2.32. The van der Waals surface area contributed by atoms with Crippen molar-refractivity contribution in [2.45, 2.75) is 38.1 Å². The molecule has 110 valence electrons. The first kappa shape index (κ1) is 14.7. The number of rotatable bonds is 4. The smallest absolute Gasteiger partial charge is 0.0485 e. The van der Waals surface area contributed by atoms with Crippen molar-refractivity contribution in [2.24, 2.45) is 0 Å². The summed E-state index contributed by atoms with van der Waals surface area (Å²) in [5.41, 5.74) is 4.04. The van der Waals surface area contributed by atoms with Gasteiger partial charge < -0.3 is 5.32 Å². The van der Waals surface area contributed by atoms with Gasteiger partial charge in [0.05, 0.1) is 0 Å². The number of nitrogens with zero attached hydrogens (tertiary/aromatic N) is 1. The lowest BCUT2D eigenvalue weighted by molar-refractivity contribution is 0.399. The third-order valence-electron chi connectivity index (χ3n) is 4.31. The number of pyridine rings is 1. The van der Waals surface area contributed by atoms with Gasteiger partial charge in [0, 0.05) is 28.3 Å². The highest BCUT2D eigenvalue weighted by atomic mass is 79.9. The highest BCUT2D eigenvalue weighted by molar-refractivity contribution is 9.10. The van der Waals surface area contributed by atoms with Gasteiger partial charge in [-0.15, -0.1) is 0 Å². The molecule has 1 aliphatic carbocycles. The van der Waals surface area contributed by atoms with E-state index in [0.29, 0.717) is 12.0 Å². The Balaban J connectivity index is 2.01. The van der Waals surface area contributed by atoms with E-state index in [1.165, 1.54) is 34.1 Å². The molecule has 0 saturated carbocycles. The molecule has 0 aliphatic heterocycles. The Morgan fingerprint density at radius 3 is 2.95 bits per heavy atom. The zero-order chi connectivity index (χ0) is 14.7. The minimum absolute atomic E-state index is 0.319. The largest absolute Gasteiger partial charge is 0.310 e. The van der Waals surface area contributed by atoms with Gasteiger partial charge in [-0.05, 0) is 49.1 Å². The molecule has 0 saturated heterocycles. The Morgan fingerprint density at radius 1 is 1.29 bits per heavy atom. The van der Waals surface area contributed by atoms with Gasteiger partial charge in [0.25, 0.3) is 0 Å². The molecule has 0 spiro atoms. The van der Waals surface area contributed by atoms with Crippen LogP contribution in [0.2, 0.25) is 0 Å². The number of hydrogen-bond acceptors (Lipinski definition) is 2. The van der Waals surface area contributed by atoms with Crippen molar-refractivity contribution in [2.75, 3.05) is 6.54 Å². The van der Waals surface area contributed by atoms with Crippen molar-refractivity contribution >= 4 is 15.9 Å². The van der Waals surface area contributed by atoms with Crippen molar-refractivity contribution in [1.82, 2.24) is 10.3 Å². The predicted molar refractivity (Wildman–Crippen MR) is 90.5 cm³/mol. The van der Waals surface area contributed by atoms with Crippen LogP contribution < -0.4 is 5.32 Å². The topological polar surface area (TPSA) is 24.9 Å². The Morgan fingerprint density at radius 2 is 2.14 bits per heavy atom. The van der Waals surface area contributed by atoms with Crippen LogP contribution in [0.5, 0.6) is 0 Å². The van der Waals surface area contributed by atoms with E-state index in [0.717, 1.165) is 13.0 Å². The quantitative estimate of drug-likeness (QED) is 0.875. The van der Waals surface area contributed by atoms with Crippen molar-refractivity contribution in [1.29, 1.82) is 0 Å². The standard InChI is InChI=1S/C18H21BrN2/c1-2-20-18(14-9-3-4-11-16(14)19)15-10-5-7-13-8-6-12-21-17(13)15/h3-4,6,8-9,11-12,15,18,20H,2,5,7,10H2,1H3. The molecule has 1 aromatic heterocycles. The molecule has 1 N–H and O–H groups in total. The highest BCUT2D eigenvalue weighted by Gasteiger charge is 2.30. The van der Waals surface area contributed by atoms with E-state index in [1.54, 1.807) is 0 Å². The van der Waals surface area contributed by atoms with Gasteiger partial charge in [0.2, 0.25) is 0 Å². The molecule has 2 aromatic rings. The number of likely N-dealkylation sites (N-methyl/N-ethyl adjacent to an activating group) is 1. The average Bonchev–Trinajstić information content (AvgIpc) is 2.53. The minimum Gasteiger partial charge on any atom is -0.310 e. The molecule has 0 radical (unpaired) electrons. The summed E-state index contributed by atoms with van der Waals surface area (Å²) < 4.78 is 1.18. The summed E-state index contributed by atoms with van der Waals surface area (Å²) in [6.07, 6.45) is 5.54. The monoisotopic (exact) mass is 344 g/mol. The molecule has 2 nitrogen and oxygen atoms in total. The van der Waals surface area contributed by atoms with Gasteiger partial charge in [-0.2, -0.15) is 0 Å². The Kier molecular flexibility index (Phi) is 4.71. The summed E-state index contributed by atoms with van der Waals surface area (Å²) in [7, 11) is 0. The van der Waals surface area contributed by atoms with E-state index in [4.69, 9.17) is 4.98 Å². The first-order valence-electron chi connectivity index (χ1n) is 7.73. The van der Waals surface area contributed by atoms with Crippen LogP contribution in [0, 0.1) is 0 Å². The fourth-order valence-electron chi connectivity index (χ4n) is 3.39. The zero-order valence-corrected chi connectivity index (χ0v) is 13.9. The second-order valence-electron chi connectivity index (χ2n) is 5.60. The fourth-order valence-corrected chi connectivity index (χ4v) is 3.92. The SMILES string of the molecule is CCNC(c1ccccc1Br)C1CCCc2cccnc21. The average molecular weight is 345 g/mol. The van der Waals surface area contributed by atoms with E-state index in [-0.39, 0.29) is 0 Å². The summed E-state index contributed by atoms with van der Waals surface area (Å²) in [5, 5.41) is 3.68. The highest BCUT2D eigenvalue weighted by Crippen LogP contribution is 2.40. The normalized spacial score (nSPS) is 19.0. The minimum atomic E-state index is 0.319. The summed E-state index contributed by atoms with van der Waals surface area (Å²) in [4.78, 5) is 4.70. The van der Waals surface area contributed by atoms with Crippen molar-refractivity contribution in [3.05, 3.63) is 63.9 Å². The van der Waals surface area contributed by atoms with Gasteiger partial charge in [-0.3, -0.25) is 4.98 Å². The van der Waals surface area contributed by atoms with Gasteiger partial charge in [-0.1, -0.05) is 47.1 Å². The molecule has 1 aliphatic rings. The molecule has 3 rings (SSSR count). The lowest BCUT2D eigenvalue weighted by atomic mass is 9.79. The zero-order valence-electron chi connectivity index (χ0n) is 12.3. The maximum Gasteiger partial charge on any atom is 0.0485 e. The van der Waals surface area contributed by atoms with Crippen LogP contribution in [0.4, 0.5) is 0 Å². The third-order valence-corrected chi connectivity index (χ3v) is 5.03. The van der Waals surface area contributed by atoms with Crippen molar-refractivity contribution in [3.63, 3.8) is 0 Å². The lowest BCUT2D eigenvalue weighted by Crippen LogP contribution is -2.30. The Labute approximate surface area is 135 Å². The molecule has 0 bridgehead atoms. The van der Waals surface area contributed by atoms with Crippen LogP contribution in [-0.4, -0.2) is 11.5 Å². The molecule has 1 heterocycles. The number of fused-ring (bicyclic) bond motifs is 1. The maximum atomic E-state index is 4.70. The maximum absolute atomic E-state index is 4.70. The summed E-state index contributed by atoms with van der Waals surface area (Å²) in [6, 6.07) is 13.1. The number of nitrogens with one attached hydrogen (secondary N) is 1. The van der Waals surface area contributed by atoms with Crippen molar-refractivity contribution < 1.29 is 0 Å². The van der Waals surface area contributed by atoms with E-state index in [2.05, 4.69) is 64.6 Å². The Bertz CT molecular complexity index is 612. The van der Waals surface area contributed by atoms with E-state index in [1.807, 2.05) is 6.20 Å². The van der Waals surface area contributed by atoms with Crippen LogP contribution in [0.1, 0.15) is 48.5 Å². The molecule has 1 aromatic carbocycles. The number of benzene rings is 1. The molecule has 21 heavy (non-hydrogen) atoms. The molecule has 3 heteroatoms. The van der Waals surface area contributed by atoms with Crippen LogP contribution in [-0.2, 0) is 6.42 Å². The second-order valence-corrected chi connectivity index (χ2v) is 6.46. The number of halogens is 1. The number of aryl methyl sites for hydroxylation is 1. The Hall–Kier alpha value is -1.19. The fraction of sp³-hybridized carbons (Fsp3) is 0.389. The molecule has 2 atom stereocenters. The number of hydrogen-bond donors (Lipinski definition) is 1. The van der Waals surface area contributed by atoms with Crippen LogP contribution in [0.15, 0.2) is 47.1 Å². The predicted octanol–water partition coefficient (Wildman–Crippen LogP) is 4.61. The molecule has 2 unspecified atom stereocenters. The van der Waals surface area contributed by atoms with Crippen molar-refractivity contribution in [3.8, 4) is 0 Å². The summed E-state index contributed by atoms with van der Waals surface area (Å²) in [6.45, 7) is 3.14. The van der Waals surface area contributed by atoms with E-state index < -0.39 is 0 Å². The van der Waals surface area contributed by atoms with Gasteiger partial charge in [0.1, 0.15) is 0 Å². The van der Waals surface area contributed by atoms with Crippen LogP contribution in [0.3, 0.4) is 0 Å².